The maximum atomic E-state index is 13.4. The Kier molecular flexibility index (Phi) is 4.13. The van der Waals surface area contributed by atoms with E-state index in [4.69, 9.17) is 5.73 Å². The summed E-state index contributed by atoms with van der Waals surface area (Å²) >= 11 is 3.18. The van der Waals surface area contributed by atoms with Crippen molar-refractivity contribution in [1.29, 1.82) is 0 Å². The Morgan fingerprint density at radius 3 is 2.81 bits per heavy atom. The largest absolute Gasteiger partial charge is 0.393 e. The fourth-order valence-corrected chi connectivity index (χ4v) is 1.96. The van der Waals surface area contributed by atoms with Crippen molar-refractivity contribution in [3.63, 3.8) is 0 Å². The predicted molar refractivity (Wildman–Crippen MR) is 77.4 cm³/mol. The molecule has 3 N–H and O–H groups in total. The monoisotopic (exact) mass is 354 g/mol. The second-order valence-electron chi connectivity index (χ2n) is 3.95. The van der Waals surface area contributed by atoms with Crippen LogP contribution in [0.1, 0.15) is 10.4 Å². The Bertz CT molecular complexity index is 738. The number of nitro benzene ring substituents is 1. The third kappa shape index (κ3) is 3.14. The minimum absolute atomic E-state index is 0.314. The number of benzene rings is 1. The van der Waals surface area contributed by atoms with Gasteiger partial charge in [0.25, 0.3) is 11.6 Å². The molecule has 0 atom stereocenters. The lowest BCUT2D eigenvalue weighted by molar-refractivity contribution is -0.384. The molecule has 0 fully saturated rings. The average Bonchev–Trinajstić information content (AvgIpc) is 2.43. The Hall–Kier alpha value is -2.55. The van der Waals surface area contributed by atoms with E-state index in [2.05, 4.69) is 26.2 Å². The molecule has 0 aliphatic heterocycles. The van der Waals surface area contributed by atoms with Crippen molar-refractivity contribution in [1.82, 2.24) is 4.98 Å². The van der Waals surface area contributed by atoms with Gasteiger partial charge in [-0.05, 0) is 28.1 Å². The molecule has 0 aliphatic rings. The number of nitro groups is 1. The van der Waals surface area contributed by atoms with Crippen LogP contribution < -0.4 is 11.1 Å². The molecule has 7 nitrogen and oxygen atoms in total. The van der Waals surface area contributed by atoms with E-state index in [-0.39, 0.29) is 5.56 Å². The van der Waals surface area contributed by atoms with Crippen molar-refractivity contribution in [3.8, 4) is 0 Å². The average molecular weight is 355 g/mol. The van der Waals surface area contributed by atoms with Crippen LogP contribution in [0.3, 0.4) is 0 Å². The van der Waals surface area contributed by atoms with Gasteiger partial charge in [0.05, 0.1) is 26.7 Å². The molecule has 2 rings (SSSR count). The summed E-state index contributed by atoms with van der Waals surface area (Å²) in [5.74, 6) is -1.68. The summed E-state index contributed by atoms with van der Waals surface area (Å²) in [4.78, 5) is 25.8. The lowest BCUT2D eigenvalue weighted by Crippen LogP contribution is -2.15. The molecule has 0 bridgehead atoms. The molecule has 2 aromatic rings. The number of nitrogens with zero attached hydrogens (tertiary/aromatic N) is 2. The summed E-state index contributed by atoms with van der Waals surface area (Å²) in [7, 11) is 0. The maximum Gasteiger partial charge on any atom is 0.295 e. The van der Waals surface area contributed by atoms with Crippen molar-refractivity contribution in [3.05, 3.63) is 56.6 Å². The first kappa shape index (κ1) is 14.9. The van der Waals surface area contributed by atoms with Crippen molar-refractivity contribution >= 4 is 38.9 Å². The molecule has 0 saturated carbocycles. The first-order valence-corrected chi connectivity index (χ1v) is 6.33. The minimum Gasteiger partial charge on any atom is -0.393 e. The minimum atomic E-state index is -0.921. The fourth-order valence-electron chi connectivity index (χ4n) is 1.61. The second-order valence-corrected chi connectivity index (χ2v) is 4.81. The van der Waals surface area contributed by atoms with Gasteiger partial charge >= 0.3 is 0 Å². The highest BCUT2D eigenvalue weighted by Gasteiger charge is 2.22. The quantitative estimate of drug-likeness (QED) is 0.500. The van der Waals surface area contributed by atoms with Gasteiger partial charge in [0.2, 0.25) is 0 Å². The highest BCUT2D eigenvalue weighted by Crippen LogP contribution is 2.28. The Labute approximate surface area is 126 Å². The van der Waals surface area contributed by atoms with E-state index in [1.807, 2.05) is 0 Å². The van der Waals surface area contributed by atoms with Gasteiger partial charge in [-0.1, -0.05) is 0 Å². The van der Waals surface area contributed by atoms with Crippen LogP contribution in [0.15, 0.2) is 35.1 Å². The third-order valence-corrected chi connectivity index (χ3v) is 3.22. The third-order valence-electron chi connectivity index (χ3n) is 2.58. The summed E-state index contributed by atoms with van der Waals surface area (Å²) in [6.45, 7) is 0. The number of nitrogens with one attached hydrogen (secondary N) is 1. The van der Waals surface area contributed by atoms with Crippen molar-refractivity contribution in [2.75, 3.05) is 11.1 Å². The van der Waals surface area contributed by atoms with Crippen LogP contribution in [-0.4, -0.2) is 15.8 Å². The summed E-state index contributed by atoms with van der Waals surface area (Å²) in [5.41, 5.74) is 4.56. The molecular formula is C12H8BrFN4O3. The molecule has 0 spiro atoms. The molecule has 9 heteroatoms. The normalized spacial score (nSPS) is 10.2. The van der Waals surface area contributed by atoms with Crippen LogP contribution in [0.5, 0.6) is 0 Å². The SMILES string of the molecule is Nc1c(C(=O)Nc2ccncc2Br)cc(F)cc1[N+](=O)[O-]. The lowest BCUT2D eigenvalue weighted by atomic mass is 10.1. The van der Waals surface area contributed by atoms with Crippen LogP contribution in [0.4, 0.5) is 21.5 Å². The van der Waals surface area contributed by atoms with Gasteiger partial charge in [-0.25, -0.2) is 4.39 Å². The lowest BCUT2D eigenvalue weighted by Gasteiger charge is -2.09. The van der Waals surface area contributed by atoms with Crippen LogP contribution in [0, 0.1) is 15.9 Å². The highest BCUT2D eigenvalue weighted by molar-refractivity contribution is 9.10. The fraction of sp³-hybridized carbons (Fsp3) is 0. The van der Waals surface area contributed by atoms with Gasteiger partial charge < -0.3 is 11.1 Å². The Morgan fingerprint density at radius 2 is 2.19 bits per heavy atom. The number of halogens is 2. The predicted octanol–water partition coefficient (Wildman–Crippen LogP) is 2.73. The van der Waals surface area contributed by atoms with E-state index in [9.17, 15) is 19.3 Å². The number of rotatable bonds is 3. The number of hydrogen-bond donors (Lipinski definition) is 2. The molecule has 21 heavy (non-hydrogen) atoms. The Morgan fingerprint density at radius 1 is 1.48 bits per heavy atom. The van der Waals surface area contributed by atoms with Gasteiger partial charge in [0, 0.05) is 12.4 Å². The van der Waals surface area contributed by atoms with Gasteiger partial charge in [-0.3, -0.25) is 19.9 Å². The number of nitrogen functional groups attached to an aromatic ring is 1. The molecule has 0 radical (unpaired) electrons. The van der Waals surface area contributed by atoms with E-state index in [0.717, 1.165) is 6.07 Å². The smallest absolute Gasteiger partial charge is 0.295 e. The van der Waals surface area contributed by atoms with E-state index >= 15 is 0 Å². The summed E-state index contributed by atoms with van der Waals surface area (Å²) in [6, 6.07) is 3.01. The molecule has 1 aromatic heterocycles. The van der Waals surface area contributed by atoms with Gasteiger partial charge in [-0.15, -0.1) is 0 Å². The number of nitrogens with two attached hydrogens (primary N) is 1. The number of pyridine rings is 1. The Balaban J connectivity index is 2.40. The summed E-state index contributed by atoms with van der Waals surface area (Å²) in [6.07, 6.45) is 2.89. The van der Waals surface area contributed by atoms with E-state index in [1.54, 1.807) is 0 Å². The van der Waals surface area contributed by atoms with Crippen LogP contribution >= 0.6 is 15.9 Å². The first-order valence-electron chi connectivity index (χ1n) is 5.54. The summed E-state index contributed by atoms with van der Waals surface area (Å²) in [5, 5.41) is 13.2. The number of aromatic nitrogens is 1. The maximum absolute atomic E-state index is 13.4. The molecule has 0 unspecified atom stereocenters. The van der Waals surface area contributed by atoms with Crippen molar-refractivity contribution < 1.29 is 14.1 Å². The molecule has 0 saturated heterocycles. The molecule has 1 aromatic carbocycles. The molecule has 0 aliphatic carbocycles. The molecular weight excluding hydrogens is 347 g/mol. The number of hydrogen-bond acceptors (Lipinski definition) is 5. The van der Waals surface area contributed by atoms with Crippen LogP contribution in [0.2, 0.25) is 0 Å². The zero-order valence-electron chi connectivity index (χ0n) is 10.3. The standard InChI is InChI=1S/C12H8BrFN4O3/c13-8-5-16-2-1-9(8)17-12(19)7-3-6(14)4-10(11(7)15)18(20)21/h1-5H,15H2,(H,16,17,19). The highest BCUT2D eigenvalue weighted by atomic mass is 79.9. The zero-order valence-corrected chi connectivity index (χ0v) is 11.9. The second kappa shape index (κ2) is 5.83. The topological polar surface area (TPSA) is 111 Å². The number of anilines is 2. The van der Waals surface area contributed by atoms with Gasteiger partial charge in [0.1, 0.15) is 11.5 Å². The van der Waals surface area contributed by atoms with E-state index < -0.39 is 28.0 Å². The van der Waals surface area contributed by atoms with Crippen LogP contribution in [0.25, 0.3) is 0 Å². The zero-order chi connectivity index (χ0) is 15.6. The molecule has 108 valence electrons. The summed E-state index contributed by atoms with van der Waals surface area (Å²) < 4.78 is 13.9. The molecule has 1 heterocycles. The van der Waals surface area contributed by atoms with Gasteiger partial charge in [-0.2, -0.15) is 0 Å². The van der Waals surface area contributed by atoms with Crippen molar-refractivity contribution in [2.45, 2.75) is 0 Å². The number of carbonyl (C=O) groups is 1. The number of amides is 1. The number of carbonyl (C=O) groups excluding carboxylic acids is 1. The van der Waals surface area contributed by atoms with E-state index in [1.165, 1.54) is 18.5 Å². The van der Waals surface area contributed by atoms with Crippen LogP contribution in [-0.2, 0) is 0 Å². The van der Waals surface area contributed by atoms with E-state index in [0.29, 0.717) is 16.2 Å². The first-order chi connectivity index (χ1) is 9.90. The van der Waals surface area contributed by atoms with Crippen molar-refractivity contribution in [2.24, 2.45) is 0 Å². The van der Waals surface area contributed by atoms with Gasteiger partial charge in [0.15, 0.2) is 0 Å². The molecule has 1 amide bonds.